The summed E-state index contributed by atoms with van der Waals surface area (Å²) in [4.78, 5) is 17.9. The predicted octanol–water partition coefficient (Wildman–Crippen LogP) is 4.28. The summed E-state index contributed by atoms with van der Waals surface area (Å²) in [7, 11) is 2.22. The van der Waals surface area contributed by atoms with E-state index < -0.39 is 0 Å². The number of carbonyl (C=O) groups excluding carboxylic acids is 1. The fourth-order valence-electron chi connectivity index (χ4n) is 4.92. The van der Waals surface area contributed by atoms with Gasteiger partial charge in [0.25, 0.3) is 5.91 Å². The van der Waals surface area contributed by atoms with Gasteiger partial charge in [-0.1, -0.05) is 62.2 Å². The lowest BCUT2D eigenvalue weighted by molar-refractivity contribution is 0.0628. The molecule has 5 heteroatoms. The number of hydrogen-bond acceptors (Lipinski definition) is 4. The first kappa shape index (κ1) is 19.2. The van der Waals surface area contributed by atoms with Gasteiger partial charge in [-0.15, -0.1) is 0 Å². The molecular weight excluding hydrogens is 350 g/mol. The van der Waals surface area contributed by atoms with Crippen molar-refractivity contribution in [3.8, 4) is 0 Å². The van der Waals surface area contributed by atoms with Gasteiger partial charge in [-0.05, 0) is 37.9 Å². The minimum Gasteiger partial charge on any atom is -0.351 e. The van der Waals surface area contributed by atoms with Crippen LogP contribution in [-0.4, -0.2) is 53.1 Å². The Morgan fingerprint density at radius 3 is 2.68 bits per heavy atom. The predicted molar refractivity (Wildman–Crippen MR) is 109 cm³/mol. The molecule has 2 aliphatic heterocycles. The van der Waals surface area contributed by atoms with Gasteiger partial charge in [0.15, 0.2) is 0 Å². The lowest BCUT2D eigenvalue weighted by Crippen LogP contribution is -2.47. The molecular formula is C23H31N3O2. The van der Waals surface area contributed by atoms with Crippen LogP contribution in [0.4, 0.5) is 0 Å². The average Bonchev–Trinajstić information content (AvgIpc) is 3.31. The Morgan fingerprint density at radius 1 is 1.18 bits per heavy atom. The van der Waals surface area contributed by atoms with Gasteiger partial charge in [0.1, 0.15) is 0 Å². The number of fused-ring (bicyclic) bond motifs is 1. The van der Waals surface area contributed by atoms with E-state index in [1.807, 2.05) is 6.07 Å². The summed E-state index contributed by atoms with van der Waals surface area (Å²) in [6, 6.07) is 13.1. The highest BCUT2D eigenvalue weighted by Crippen LogP contribution is 2.39. The first-order chi connectivity index (χ1) is 13.6. The van der Waals surface area contributed by atoms with E-state index in [4.69, 9.17) is 4.52 Å². The Balaban J connectivity index is 1.67. The normalized spacial score (nSPS) is 26.1. The number of nitrogens with zero attached hydrogens (tertiary/aromatic N) is 3. The SMILES string of the molecule is CC(C)c1cc(C(=O)N2C[C@@H](c3ccccc3)[C@H]3[C@H]2CCCCCN3C)on1. The lowest BCUT2D eigenvalue weighted by Gasteiger charge is -2.36. The summed E-state index contributed by atoms with van der Waals surface area (Å²) >= 11 is 0. The molecule has 1 amide bonds. The van der Waals surface area contributed by atoms with Crippen LogP contribution in [0.25, 0.3) is 0 Å². The summed E-state index contributed by atoms with van der Waals surface area (Å²) < 4.78 is 5.45. The molecule has 3 heterocycles. The van der Waals surface area contributed by atoms with Crippen molar-refractivity contribution < 1.29 is 9.32 Å². The van der Waals surface area contributed by atoms with Crippen LogP contribution in [0.5, 0.6) is 0 Å². The molecule has 0 unspecified atom stereocenters. The molecule has 2 saturated heterocycles. The van der Waals surface area contributed by atoms with Gasteiger partial charge in [-0.25, -0.2) is 0 Å². The zero-order chi connectivity index (χ0) is 19.7. The topological polar surface area (TPSA) is 49.6 Å². The number of rotatable bonds is 3. The maximum Gasteiger partial charge on any atom is 0.292 e. The first-order valence-corrected chi connectivity index (χ1v) is 10.6. The molecule has 4 rings (SSSR count). The number of hydrogen-bond donors (Lipinski definition) is 0. The summed E-state index contributed by atoms with van der Waals surface area (Å²) in [6.45, 7) is 5.95. The highest BCUT2D eigenvalue weighted by molar-refractivity contribution is 5.92. The smallest absolute Gasteiger partial charge is 0.292 e. The van der Waals surface area contributed by atoms with Crippen molar-refractivity contribution in [3.63, 3.8) is 0 Å². The van der Waals surface area contributed by atoms with Crippen LogP contribution < -0.4 is 0 Å². The summed E-state index contributed by atoms with van der Waals surface area (Å²) in [6.07, 6.45) is 4.68. The molecule has 28 heavy (non-hydrogen) atoms. The van der Waals surface area contributed by atoms with Crippen molar-refractivity contribution in [1.82, 2.24) is 15.0 Å². The van der Waals surface area contributed by atoms with E-state index in [0.717, 1.165) is 25.2 Å². The molecule has 1 aromatic heterocycles. The highest BCUT2D eigenvalue weighted by atomic mass is 16.5. The van der Waals surface area contributed by atoms with Crippen LogP contribution in [0.1, 0.15) is 73.2 Å². The molecule has 2 aromatic rings. The van der Waals surface area contributed by atoms with E-state index in [9.17, 15) is 4.79 Å². The summed E-state index contributed by atoms with van der Waals surface area (Å²) in [5, 5.41) is 4.10. The monoisotopic (exact) mass is 381 g/mol. The number of carbonyl (C=O) groups is 1. The third kappa shape index (κ3) is 3.60. The summed E-state index contributed by atoms with van der Waals surface area (Å²) in [5.74, 6) is 0.939. The standard InChI is InChI=1S/C23H31N3O2/c1-16(2)19-14-21(28-24-19)23(27)26-15-18(17-10-6-4-7-11-17)22-20(26)12-8-5-9-13-25(22)3/h4,6-7,10-11,14,16,18,20,22H,5,8-9,12-13,15H2,1-3H3/t18-,20+,22-/m0/s1. The Labute approximate surface area is 167 Å². The zero-order valence-electron chi connectivity index (χ0n) is 17.2. The lowest BCUT2D eigenvalue weighted by atomic mass is 9.87. The van der Waals surface area contributed by atoms with Crippen molar-refractivity contribution in [2.45, 2.75) is 63.5 Å². The molecule has 5 nitrogen and oxygen atoms in total. The molecule has 0 bridgehead atoms. The molecule has 2 aliphatic rings. The Morgan fingerprint density at radius 2 is 1.96 bits per heavy atom. The minimum absolute atomic E-state index is 0.0122. The Kier molecular flexibility index (Phi) is 5.54. The third-order valence-electron chi connectivity index (χ3n) is 6.44. The number of likely N-dealkylation sites (N-methyl/N-ethyl adjacent to an activating group) is 1. The first-order valence-electron chi connectivity index (χ1n) is 10.6. The Bertz CT molecular complexity index is 801. The molecule has 150 valence electrons. The molecule has 0 aliphatic carbocycles. The fraction of sp³-hybridized carbons (Fsp3) is 0.565. The maximum absolute atomic E-state index is 13.4. The van der Waals surface area contributed by atoms with Crippen molar-refractivity contribution in [2.75, 3.05) is 20.1 Å². The van der Waals surface area contributed by atoms with Crippen LogP contribution in [0, 0.1) is 0 Å². The van der Waals surface area contributed by atoms with Crippen molar-refractivity contribution in [3.05, 3.63) is 53.4 Å². The van der Waals surface area contributed by atoms with E-state index in [2.05, 4.69) is 66.2 Å². The summed E-state index contributed by atoms with van der Waals surface area (Å²) in [5.41, 5.74) is 2.16. The molecule has 2 fully saturated rings. The molecule has 0 N–H and O–H groups in total. The molecule has 1 aromatic carbocycles. The van der Waals surface area contributed by atoms with Gasteiger partial charge < -0.3 is 14.3 Å². The number of amides is 1. The minimum atomic E-state index is -0.0122. The van der Waals surface area contributed by atoms with Crippen LogP contribution in [0.3, 0.4) is 0 Å². The van der Waals surface area contributed by atoms with E-state index in [-0.39, 0.29) is 17.9 Å². The van der Waals surface area contributed by atoms with Crippen LogP contribution in [0.15, 0.2) is 40.9 Å². The van der Waals surface area contributed by atoms with Crippen LogP contribution in [0.2, 0.25) is 0 Å². The van der Waals surface area contributed by atoms with Gasteiger partial charge in [-0.3, -0.25) is 4.79 Å². The van der Waals surface area contributed by atoms with Crippen molar-refractivity contribution in [1.29, 1.82) is 0 Å². The van der Waals surface area contributed by atoms with Gasteiger partial charge in [-0.2, -0.15) is 0 Å². The highest BCUT2D eigenvalue weighted by Gasteiger charge is 2.47. The van der Waals surface area contributed by atoms with Crippen molar-refractivity contribution in [2.24, 2.45) is 0 Å². The van der Waals surface area contributed by atoms with E-state index in [1.54, 1.807) is 0 Å². The molecule has 3 atom stereocenters. The molecule has 0 saturated carbocycles. The van der Waals surface area contributed by atoms with E-state index in [0.29, 0.717) is 17.7 Å². The molecule has 0 radical (unpaired) electrons. The van der Waals surface area contributed by atoms with Gasteiger partial charge >= 0.3 is 0 Å². The zero-order valence-corrected chi connectivity index (χ0v) is 17.2. The average molecular weight is 382 g/mol. The van der Waals surface area contributed by atoms with Gasteiger partial charge in [0.05, 0.1) is 5.69 Å². The third-order valence-corrected chi connectivity index (χ3v) is 6.44. The second-order valence-electron chi connectivity index (χ2n) is 8.63. The number of likely N-dealkylation sites (tertiary alicyclic amines) is 2. The quantitative estimate of drug-likeness (QED) is 0.796. The van der Waals surface area contributed by atoms with Crippen molar-refractivity contribution >= 4 is 5.91 Å². The second kappa shape index (κ2) is 8.08. The van der Waals surface area contributed by atoms with Gasteiger partial charge in [0, 0.05) is 30.6 Å². The van der Waals surface area contributed by atoms with Crippen LogP contribution >= 0.6 is 0 Å². The van der Waals surface area contributed by atoms with Crippen LogP contribution in [-0.2, 0) is 0 Å². The number of aromatic nitrogens is 1. The fourth-order valence-corrected chi connectivity index (χ4v) is 4.92. The van der Waals surface area contributed by atoms with Gasteiger partial charge in [0.2, 0.25) is 5.76 Å². The Hall–Kier alpha value is -2.14. The number of benzene rings is 1. The van der Waals surface area contributed by atoms with E-state index >= 15 is 0 Å². The van der Waals surface area contributed by atoms with E-state index in [1.165, 1.54) is 24.8 Å². The largest absolute Gasteiger partial charge is 0.351 e. The molecule has 0 spiro atoms. The maximum atomic E-state index is 13.4. The second-order valence-corrected chi connectivity index (χ2v) is 8.63.